The summed E-state index contributed by atoms with van der Waals surface area (Å²) in [5.41, 5.74) is 0. The molecular weight excluding hydrogens is 1310 g/mol. The molecule has 0 radical (unpaired) electrons. The number of carbonyl (C=O) groups excluding carboxylic acids is 4. The molecule has 0 aliphatic rings. The van der Waals surface area contributed by atoms with E-state index in [0.29, 0.717) is 25.7 Å². The van der Waals surface area contributed by atoms with E-state index in [0.717, 1.165) is 161 Å². The smallest absolute Gasteiger partial charge is 0.462 e. The first-order chi connectivity index (χ1) is 48.7. The van der Waals surface area contributed by atoms with Crippen molar-refractivity contribution in [3.63, 3.8) is 0 Å². The summed E-state index contributed by atoms with van der Waals surface area (Å²) >= 11 is 0. The molecule has 0 spiro atoms. The van der Waals surface area contributed by atoms with E-state index in [9.17, 15) is 43.2 Å². The lowest BCUT2D eigenvalue weighted by molar-refractivity contribution is -0.161. The highest BCUT2D eigenvalue weighted by molar-refractivity contribution is 7.47. The van der Waals surface area contributed by atoms with Gasteiger partial charge in [-0.2, -0.15) is 0 Å². The van der Waals surface area contributed by atoms with Crippen molar-refractivity contribution in [2.24, 2.45) is 0 Å². The SMILES string of the molecule is CCCCC/C=C\C/C=C\CCCCCCCC(=O)OC[C@H](COP(=O)(O)OC[C@@H](O)COP(=O)(O)OC[C@@H](COC(=O)CCCCCCCCCCCCCCCCC)OC(=O)CCCCCCC/C=C\C/C=C\CCCCC)OC(=O)CCCCCCCCC/C=C\CCCCCC. The summed E-state index contributed by atoms with van der Waals surface area (Å²) in [5, 5.41) is 10.6. The fourth-order valence-corrected chi connectivity index (χ4v) is 12.8. The van der Waals surface area contributed by atoms with Crippen molar-refractivity contribution in [1.82, 2.24) is 0 Å². The van der Waals surface area contributed by atoms with Crippen molar-refractivity contribution in [2.45, 2.75) is 393 Å². The van der Waals surface area contributed by atoms with Gasteiger partial charge in [0.05, 0.1) is 26.4 Å². The van der Waals surface area contributed by atoms with Gasteiger partial charge in [-0.3, -0.25) is 37.3 Å². The first-order valence-corrected chi connectivity index (χ1v) is 43.5. The van der Waals surface area contributed by atoms with Gasteiger partial charge < -0.3 is 33.8 Å². The zero-order chi connectivity index (χ0) is 73.2. The largest absolute Gasteiger partial charge is 0.472 e. The van der Waals surface area contributed by atoms with Crippen molar-refractivity contribution in [3.05, 3.63) is 60.8 Å². The predicted octanol–water partition coefficient (Wildman–Crippen LogP) is 23.5. The molecule has 0 aliphatic carbocycles. The highest BCUT2D eigenvalue weighted by atomic mass is 31.2. The molecule has 3 N–H and O–H groups in total. The van der Waals surface area contributed by atoms with Crippen LogP contribution in [0.1, 0.15) is 374 Å². The molecule has 0 aromatic heterocycles. The van der Waals surface area contributed by atoms with Gasteiger partial charge in [0.1, 0.15) is 19.3 Å². The molecule has 0 bridgehead atoms. The standard InChI is InChI=1S/C81H148O17P2/c1-5-9-13-17-21-25-29-33-37-41-45-49-53-57-61-65-78(83)91-71-76(97-80(85)67-63-59-55-51-47-43-39-35-31-27-23-19-15-11-7-3)73-95-99(87,88)93-69-75(82)70-94-100(89,90)96-74-77(98-81(86)68-64-60-56-52-48-44-40-36-32-28-24-20-16-12-8-4)72-92-79(84)66-62-58-54-50-46-42-38-34-30-26-22-18-14-10-6-2/h21,24-25,27-28,31,33,36-37,40,75-77,82H,5-20,22-23,26,29-30,32,34-35,38-39,41-74H2,1-4H3,(H,87,88)(H,89,90)/b25-21-,28-24-,31-27-,37-33-,40-36-/t75-,76-,77-/m1/s1. The third-order valence-corrected chi connectivity index (χ3v) is 19.4. The lowest BCUT2D eigenvalue weighted by Gasteiger charge is -2.21. The Kier molecular flexibility index (Phi) is 71.6. The van der Waals surface area contributed by atoms with Gasteiger partial charge >= 0.3 is 39.5 Å². The van der Waals surface area contributed by atoms with Crippen LogP contribution in [0.3, 0.4) is 0 Å². The van der Waals surface area contributed by atoms with Crippen LogP contribution in [0.15, 0.2) is 60.8 Å². The van der Waals surface area contributed by atoms with E-state index in [4.69, 9.17) is 37.0 Å². The van der Waals surface area contributed by atoms with E-state index in [1.165, 1.54) is 135 Å². The second-order valence-electron chi connectivity index (χ2n) is 27.4. The summed E-state index contributed by atoms with van der Waals surface area (Å²) in [4.78, 5) is 73.0. The van der Waals surface area contributed by atoms with Crippen LogP contribution in [0.5, 0.6) is 0 Å². The monoisotopic (exact) mass is 1460 g/mol. The normalized spacial score (nSPS) is 14.2. The molecule has 0 aromatic rings. The van der Waals surface area contributed by atoms with Crippen molar-refractivity contribution >= 4 is 39.5 Å². The summed E-state index contributed by atoms with van der Waals surface area (Å²) in [6, 6.07) is 0. The number of phosphoric ester groups is 2. The number of rotatable bonds is 77. The number of aliphatic hydroxyl groups is 1. The van der Waals surface area contributed by atoms with E-state index >= 15 is 0 Å². The number of ether oxygens (including phenoxy) is 4. The second kappa shape index (κ2) is 74.0. The molecule has 0 aliphatic heterocycles. The molecule has 5 atom stereocenters. The molecule has 0 fully saturated rings. The number of unbranched alkanes of at least 4 members (excludes halogenated alkanes) is 41. The number of hydrogen-bond acceptors (Lipinski definition) is 15. The van der Waals surface area contributed by atoms with Crippen molar-refractivity contribution < 1.29 is 80.2 Å². The van der Waals surface area contributed by atoms with Gasteiger partial charge in [-0.1, -0.05) is 294 Å². The molecule has 0 heterocycles. The fraction of sp³-hybridized carbons (Fsp3) is 0.827. The van der Waals surface area contributed by atoms with Crippen LogP contribution >= 0.6 is 15.6 Å². The van der Waals surface area contributed by atoms with Gasteiger partial charge in [0, 0.05) is 25.7 Å². The average Bonchev–Trinajstić information content (AvgIpc) is 1.01. The van der Waals surface area contributed by atoms with Crippen LogP contribution in [-0.2, 0) is 65.4 Å². The zero-order valence-corrected chi connectivity index (χ0v) is 65.7. The molecule has 0 saturated heterocycles. The lowest BCUT2D eigenvalue weighted by atomic mass is 10.0. The maximum Gasteiger partial charge on any atom is 0.472 e. The van der Waals surface area contributed by atoms with Crippen LogP contribution in [0, 0.1) is 0 Å². The lowest BCUT2D eigenvalue weighted by Crippen LogP contribution is -2.30. The molecular formula is C81H148O17P2. The number of hydrogen-bond donors (Lipinski definition) is 3. The maximum atomic E-state index is 13.1. The third-order valence-electron chi connectivity index (χ3n) is 17.5. The Balaban J connectivity index is 5.35. The van der Waals surface area contributed by atoms with Crippen molar-refractivity contribution in [3.8, 4) is 0 Å². The van der Waals surface area contributed by atoms with Gasteiger partial charge in [-0.05, 0) is 116 Å². The van der Waals surface area contributed by atoms with Crippen LogP contribution in [0.2, 0.25) is 0 Å². The molecule has 17 nitrogen and oxygen atoms in total. The molecule has 0 amide bonds. The van der Waals surface area contributed by atoms with E-state index in [-0.39, 0.29) is 25.7 Å². The van der Waals surface area contributed by atoms with Crippen molar-refractivity contribution in [1.29, 1.82) is 0 Å². The Morgan fingerprint density at radius 2 is 0.490 bits per heavy atom. The van der Waals surface area contributed by atoms with E-state index in [1.54, 1.807) is 0 Å². The highest BCUT2D eigenvalue weighted by Crippen LogP contribution is 2.45. The van der Waals surface area contributed by atoms with Gasteiger partial charge in [-0.15, -0.1) is 0 Å². The summed E-state index contributed by atoms with van der Waals surface area (Å²) in [5.74, 6) is -2.17. The van der Waals surface area contributed by atoms with Gasteiger partial charge in [-0.25, -0.2) is 9.13 Å². The van der Waals surface area contributed by atoms with E-state index in [1.807, 2.05) is 0 Å². The van der Waals surface area contributed by atoms with E-state index < -0.39 is 97.5 Å². The number of carbonyl (C=O) groups is 4. The molecule has 100 heavy (non-hydrogen) atoms. The summed E-state index contributed by atoms with van der Waals surface area (Å²) in [7, 11) is -9.95. The Bertz CT molecular complexity index is 2130. The Morgan fingerprint density at radius 1 is 0.280 bits per heavy atom. The van der Waals surface area contributed by atoms with Crippen molar-refractivity contribution in [2.75, 3.05) is 39.6 Å². The molecule has 19 heteroatoms. The van der Waals surface area contributed by atoms with Crippen LogP contribution in [-0.4, -0.2) is 96.7 Å². The minimum Gasteiger partial charge on any atom is -0.462 e. The minimum absolute atomic E-state index is 0.0841. The summed E-state index contributed by atoms with van der Waals surface area (Å²) < 4.78 is 68.6. The van der Waals surface area contributed by atoms with Crippen LogP contribution in [0.4, 0.5) is 0 Å². The highest BCUT2D eigenvalue weighted by Gasteiger charge is 2.30. The molecule has 0 saturated carbocycles. The second-order valence-corrected chi connectivity index (χ2v) is 30.3. The molecule has 0 rings (SSSR count). The Hall–Kier alpha value is -3.24. The average molecular weight is 1460 g/mol. The Labute approximate surface area is 610 Å². The maximum absolute atomic E-state index is 13.1. The van der Waals surface area contributed by atoms with Crippen LogP contribution < -0.4 is 0 Å². The quantitative estimate of drug-likeness (QED) is 0.0169. The minimum atomic E-state index is -4.97. The van der Waals surface area contributed by atoms with Crippen LogP contribution in [0.25, 0.3) is 0 Å². The third kappa shape index (κ3) is 73.1. The summed E-state index contributed by atoms with van der Waals surface area (Å²) in [6.07, 6.45) is 73.3. The number of phosphoric acid groups is 2. The van der Waals surface area contributed by atoms with E-state index in [2.05, 4.69) is 88.5 Å². The van der Waals surface area contributed by atoms with Gasteiger partial charge in [0.15, 0.2) is 12.2 Å². The zero-order valence-electron chi connectivity index (χ0n) is 63.9. The number of aliphatic hydroxyl groups excluding tert-OH is 1. The Morgan fingerprint density at radius 3 is 0.780 bits per heavy atom. The molecule has 0 aromatic carbocycles. The first-order valence-electron chi connectivity index (χ1n) is 40.5. The fourth-order valence-electron chi connectivity index (χ4n) is 11.2. The predicted molar refractivity (Wildman–Crippen MR) is 409 cm³/mol. The topological polar surface area (TPSA) is 237 Å². The van der Waals surface area contributed by atoms with Gasteiger partial charge in [0.25, 0.3) is 0 Å². The summed E-state index contributed by atoms with van der Waals surface area (Å²) in [6.45, 7) is 4.85. The molecule has 2 unspecified atom stereocenters. The number of allylic oxidation sites excluding steroid dienone is 10. The first kappa shape index (κ1) is 96.8. The van der Waals surface area contributed by atoms with Gasteiger partial charge in [0.2, 0.25) is 0 Å². The molecule has 584 valence electrons. The number of esters is 4.